The molecule has 0 saturated carbocycles. The van der Waals surface area contributed by atoms with Gasteiger partial charge in [0.1, 0.15) is 6.04 Å². The van der Waals surface area contributed by atoms with E-state index in [-0.39, 0.29) is 24.0 Å². The number of aliphatic hydroxyl groups is 1. The lowest BCUT2D eigenvalue weighted by molar-refractivity contribution is -0.136. The van der Waals surface area contributed by atoms with Gasteiger partial charge in [0, 0.05) is 33.2 Å². The molecule has 4 amide bonds. The Bertz CT molecular complexity index is 1220. The van der Waals surface area contributed by atoms with Gasteiger partial charge in [0.05, 0.1) is 23.3 Å². The van der Waals surface area contributed by atoms with Crippen molar-refractivity contribution in [3.05, 3.63) is 70.3 Å². The molecule has 0 spiro atoms. The Balaban J connectivity index is 1.27. The van der Waals surface area contributed by atoms with Gasteiger partial charge >= 0.3 is 0 Å². The van der Waals surface area contributed by atoms with Crippen LogP contribution in [-0.4, -0.2) is 64.8 Å². The van der Waals surface area contributed by atoms with E-state index < -0.39 is 35.3 Å². The van der Waals surface area contributed by atoms with Crippen molar-refractivity contribution in [2.75, 3.05) is 20.2 Å². The third-order valence-electron chi connectivity index (χ3n) is 7.40. The molecule has 3 heterocycles. The van der Waals surface area contributed by atoms with Crippen LogP contribution in [0.1, 0.15) is 63.1 Å². The SMILES string of the molecule is COCc1ccc(CN2CCC(O)(c3ccc4c(c3)C(=O)N(C3CCC(=O)NC3=O)C4=O)CC2)cc1. The van der Waals surface area contributed by atoms with E-state index in [0.717, 1.165) is 17.0 Å². The van der Waals surface area contributed by atoms with Crippen molar-refractivity contribution in [1.29, 1.82) is 0 Å². The maximum absolute atomic E-state index is 13.1. The molecule has 1 atom stereocenters. The number of benzene rings is 2. The molecule has 2 saturated heterocycles. The maximum atomic E-state index is 13.1. The summed E-state index contributed by atoms with van der Waals surface area (Å²) < 4.78 is 5.16. The predicted octanol–water partition coefficient (Wildman–Crippen LogP) is 1.72. The fourth-order valence-corrected chi connectivity index (χ4v) is 5.30. The minimum Gasteiger partial charge on any atom is -0.385 e. The van der Waals surface area contributed by atoms with Gasteiger partial charge in [0.25, 0.3) is 11.8 Å². The third-order valence-corrected chi connectivity index (χ3v) is 7.40. The highest BCUT2D eigenvalue weighted by atomic mass is 16.5. The molecule has 0 aromatic heterocycles. The quantitative estimate of drug-likeness (QED) is 0.591. The zero-order valence-corrected chi connectivity index (χ0v) is 20.2. The van der Waals surface area contributed by atoms with Gasteiger partial charge in [0.2, 0.25) is 11.8 Å². The second kappa shape index (κ2) is 9.57. The standard InChI is InChI=1S/C27H29N3O6/c1-36-16-18-4-2-17(3-5-18)15-29-12-10-27(35,11-13-29)19-6-7-20-21(14-19)26(34)30(25(20)33)22-8-9-23(31)28-24(22)32/h2-7,14,22,35H,8-13,15-16H2,1H3,(H,28,31,32). The van der Waals surface area contributed by atoms with Crippen molar-refractivity contribution < 1.29 is 29.0 Å². The Labute approximate surface area is 209 Å². The molecule has 1 unspecified atom stereocenters. The number of imide groups is 2. The molecule has 2 aromatic rings. The molecule has 3 aliphatic rings. The largest absolute Gasteiger partial charge is 0.385 e. The van der Waals surface area contributed by atoms with Gasteiger partial charge in [0.15, 0.2) is 0 Å². The van der Waals surface area contributed by atoms with Gasteiger partial charge in [-0.25, -0.2) is 0 Å². The average Bonchev–Trinajstić information content (AvgIpc) is 3.11. The highest BCUT2D eigenvalue weighted by Gasteiger charge is 2.45. The van der Waals surface area contributed by atoms with E-state index in [0.29, 0.717) is 38.1 Å². The number of methoxy groups -OCH3 is 1. The zero-order chi connectivity index (χ0) is 25.4. The topological polar surface area (TPSA) is 116 Å². The Morgan fingerprint density at radius 1 is 0.972 bits per heavy atom. The molecule has 9 nitrogen and oxygen atoms in total. The number of likely N-dealkylation sites (tertiary alicyclic amines) is 1. The average molecular weight is 492 g/mol. The second-order valence-corrected chi connectivity index (χ2v) is 9.76. The fourth-order valence-electron chi connectivity index (χ4n) is 5.30. The zero-order valence-electron chi connectivity index (χ0n) is 20.2. The summed E-state index contributed by atoms with van der Waals surface area (Å²) in [6.45, 7) is 2.73. The summed E-state index contributed by atoms with van der Waals surface area (Å²) in [5.41, 5.74) is 2.20. The highest BCUT2D eigenvalue weighted by molar-refractivity contribution is 6.23. The van der Waals surface area contributed by atoms with Crippen molar-refractivity contribution >= 4 is 23.6 Å². The first-order valence-electron chi connectivity index (χ1n) is 12.2. The molecule has 3 aliphatic heterocycles. The lowest BCUT2D eigenvalue weighted by Gasteiger charge is -2.38. The maximum Gasteiger partial charge on any atom is 0.262 e. The number of carbonyl (C=O) groups is 4. The van der Waals surface area contributed by atoms with Crippen molar-refractivity contribution in [2.24, 2.45) is 0 Å². The number of carbonyl (C=O) groups excluding carboxylic acids is 4. The summed E-state index contributed by atoms with van der Waals surface area (Å²) in [5.74, 6) is -2.16. The molecule has 2 aromatic carbocycles. The van der Waals surface area contributed by atoms with E-state index in [1.54, 1.807) is 25.3 Å². The summed E-state index contributed by atoms with van der Waals surface area (Å²) >= 11 is 0. The van der Waals surface area contributed by atoms with Gasteiger partial charge in [-0.05, 0) is 48.1 Å². The van der Waals surface area contributed by atoms with E-state index in [2.05, 4.69) is 34.5 Å². The van der Waals surface area contributed by atoms with Crippen LogP contribution in [0.2, 0.25) is 0 Å². The number of nitrogens with one attached hydrogen (secondary N) is 1. The lowest BCUT2D eigenvalue weighted by atomic mass is 9.83. The normalized spacial score (nSPS) is 22.1. The summed E-state index contributed by atoms with van der Waals surface area (Å²) in [4.78, 5) is 53.1. The fraction of sp³-hybridized carbons (Fsp3) is 0.407. The summed E-state index contributed by atoms with van der Waals surface area (Å²) in [5, 5.41) is 13.6. The van der Waals surface area contributed by atoms with E-state index in [1.165, 1.54) is 5.56 Å². The molecule has 2 fully saturated rings. The smallest absolute Gasteiger partial charge is 0.262 e. The Hall–Kier alpha value is -3.40. The number of rotatable bonds is 6. The summed E-state index contributed by atoms with van der Waals surface area (Å²) in [6, 6.07) is 12.1. The predicted molar refractivity (Wildman–Crippen MR) is 129 cm³/mol. The number of nitrogens with zero attached hydrogens (tertiary/aromatic N) is 2. The monoisotopic (exact) mass is 491 g/mol. The van der Waals surface area contributed by atoms with Crippen molar-refractivity contribution in [2.45, 2.75) is 50.5 Å². The van der Waals surface area contributed by atoms with E-state index >= 15 is 0 Å². The Morgan fingerprint density at radius 3 is 2.31 bits per heavy atom. The van der Waals surface area contributed by atoms with Crippen LogP contribution < -0.4 is 5.32 Å². The number of amides is 4. The number of piperidine rings is 2. The molecule has 2 N–H and O–H groups in total. The van der Waals surface area contributed by atoms with Crippen LogP contribution in [0.5, 0.6) is 0 Å². The first-order chi connectivity index (χ1) is 17.3. The van der Waals surface area contributed by atoms with Crippen LogP contribution >= 0.6 is 0 Å². The van der Waals surface area contributed by atoms with Gasteiger partial charge in [-0.1, -0.05) is 30.3 Å². The molecule has 9 heteroatoms. The minimum absolute atomic E-state index is 0.0720. The van der Waals surface area contributed by atoms with E-state index in [4.69, 9.17) is 4.74 Å². The summed E-state index contributed by atoms with van der Waals surface area (Å²) in [7, 11) is 1.67. The van der Waals surface area contributed by atoms with Crippen molar-refractivity contribution in [3.63, 3.8) is 0 Å². The van der Waals surface area contributed by atoms with Gasteiger partial charge in [-0.3, -0.25) is 34.3 Å². The molecule has 0 aliphatic carbocycles. The minimum atomic E-state index is -1.11. The van der Waals surface area contributed by atoms with Crippen LogP contribution in [0.3, 0.4) is 0 Å². The Kier molecular flexibility index (Phi) is 6.46. The summed E-state index contributed by atoms with van der Waals surface area (Å²) in [6.07, 6.45) is 1.17. The molecular weight excluding hydrogens is 462 g/mol. The van der Waals surface area contributed by atoms with Gasteiger partial charge < -0.3 is 9.84 Å². The van der Waals surface area contributed by atoms with Crippen LogP contribution in [0.15, 0.2) is 42.5 Å². The van der Waals surface area contributed by atoms with Crippen LogP contribution in [0.4, 0.5) is 0 Å². The first kappa shape index (κ1) is 24.3. The number of hydrogen-bond donors (Lipinski definition) is 2. The number of ether oxygens (including phenoxy) is 1. The number of fused-ring (bicyclic) bond motifs is 1. The molecule has 5 rings (SSSR count). The van der Waals surface area contributed by atoms with Gasteiger partial charge in [-0.15, -0.1) is 0 Å². The molecule has 0 bridgehead atoms. The van der Waals surface area contributed by atoms with E-state index in [9.17, 15) is 24.3 Å². The molecular formula is C27H29N3O6. The molecule has 188 valence electrons. The van der Waals surface area contributed by atoms with Crippen molar-refractivity contribution in [1.82, 2.24) is 15.1 Å². The third kappa shape index (κ3) is 4.45. The van der Waals surface area contributed by atoms with Crippen LogP contribution in [0.25, 0.3) is 0 Å². The highest BCUT2D eigenvalue weighted by Crippen LogP contribution is 2.36. The van der Waals surface area contributed by atoms with Gasteiger partial charge in [-0.2, -0.15) is 0 Å². The lowest BCUT2D eigenvalue weighted by Crippen LogP contribution is -2.54. The first-order valence-corrected chi connectivity index (χ1v) is 12.2. The number of hydrogen-bond acceptors (Lipinski definition) is 7. The Morgan fingerprint density at radius 2 is 1.64 bits per heavy atom. The van der Waals surface area contributed by atoms with Crippen LogP contribution in [0, 0.1) is 0 Å². The molecule has 0 radical (unpaired) electrons. The van der Waals surface area contributed by atoms with Crippen molar-refractivity contribution in [3.8, 4) is 0 Å². The van der Waals surface area contributed by atoms with E-state index in [1.807, 2.05) is 0 Å². The second-order valence-electron chi connectivity index (χ2n) is 9.76. The molecule has 36 heavy (non-hydrogen) atoms. The van der Waals surface area contributed by atoms with Crippen LogP contribution in [-0.2, 0) is 33.1 Å².